The maximum absolute atomic E-state index is 11.4. The lowest BCUT2D eigenvalue weighted by Crippen LogP contribution is -2.22. The van der Waals surface area contributed by atoms with Gasteiger partial charge in [-0.05, 0) is 30.7 Å². The molecule has 1 atom stereocenters. The van der Waals surface area contributed by atoms with E-state index in [0.29, 0.717) is 15.6 Å². The molecule has 1 aromatic heterocycles. The number of rotatable bonds is 6. The van der Waals surface area contributed by atoms with E-state index in [9.17, 15) is 9.59 Å². The van der Waals surface area contributed by atoms with Gasteiger partial charge in [-0.2, -0.15) is 0 Å². The Hall–Kier alpha value is -2.67. The number of hydrogen-bond donors (Lipinski definition) is 1. The van der Waals surface area contributed by atoms with E-state index in [0.717, 1.165) is 5.56 Å². The molecular formula is C16H15NO5S. The summed E-state index contributed by atoms with van der Waals surface area (Å²) in [4.78, 5) is 26.7. The van der Waals surface area contributed by atoms with Gasteiger partial charge in [-0.15, -0.1) is 11.3 Å². The molecule has 0 amide bonds. The SMILES string of the molecule is COC(=O)c1cnc(/C=C/c2cccc(O[C@@H](C)C(=O)O)c2)s1. The maximum Gasteiger partial charge on any atom is 0.349 e. The van der Waals surface area contributed by atoms with Crippen molar-refractivity contribution in [2.75, 3.05) is 7.11 Å². The largest absolute Gasteiger partial charge is 0.479 e. The Balaban J connectivity index is 2.09. The summed E-state index contributed by atoms with van der Waals surface area (Å²) in [6.45, 7) is 1.47. The van der Waals surface area contributed by atoms with Crippen LogP contribution in [0.5, 0.6) is 5.75 Å². The number of nitrogens with zero attached hydrogens (tertiary/aromatic N) is 1. The molecule has 0 fully saturated rings. The molecule has 0 saturated heterocycles. The number of esters is 1. The van der Waals surface area contributed by atoms with Crippen molar-refractivity contribution >= 4 is 35.4 Å². The van der Waals surface area contributed by atoms with Gasteiger partial charge >= 0.3 is 11.9 Å². The second-order valence-electron chi connectivity index (χ2n) is 4.56. The van der Waals surface area contributed by atoms with Crippen LogP contribution >= 0.6 is 11.3 Å². The number of aliphatic carboxylic acids is 1. The van der Waals surface area contributed by atoms with E-state index in [-0.39, 0.29) is 0 Å². The first-order valence-corrected chi connectivity index (χ1v) is 7.53. The third-order valence-corrected chi connectivity index (χ3v) is 3.79. The minimum Gasteiger partial charge on any atom is -0.479 e. The van der Waals surface area contributed by atoms with Crippen LogP contribution in [-0.4, -0.2) is 35.2 Å². The lowest BCUT2D eigenvalue weighted by Gasteiger charge is -2.10. The Bertz CT molecular complexity index is 738. The Morgan fingerprint density at radius 1 is 1.35 bits per heavy atom. The van der Waals surface area contributed by atoms with Gasteiger partial charge in [0.05, 0.1) is 13.3 Å². The number of aromatic nitrogens is 1. The lowest BCUT2D eigenvalue weighted by molar-refractivity contribution is -0.144. The number of hydrogen-bond acceptors (Lipinski definition) is 6. The van der Waals surface area contributed by atoms with Crippen molar-refractivity contribution in [3.63, 3.8) is 0 Å². The van der Waals surface area contributed by atoms with Crippen LogP contribution in [0.15, 0.2) is 30.5 Å². The van der Waals surface area contributed by atoms with Crippen molar-refractivity contribution in [2.24, 2.45) is 0 Å². The summed E-state index contributed by atoms with van der Waals surface area (Å²) in [5, 5.41) is 9.51. The summed E-state index contributed by atoms with van der Waals surface area (Å²) >= 11 is 1.22. The van der Waals surface area contributed by atoms with Crippen LogP contribution in [0.3, 0.4) is 0 Å². The number of ether oxygens (including phenoxy) is 2. The minimum atomic E-state index is -1.02. The van der Waals surface area contributed by atoms with Gasteiger partial charge in [0.25, 0.3) is 0 Å². The van der Waals surface area contributed by atoms with Crippen LogP contribution in [0.1, 0.15) is 27.2 Å². The number of carbonyl (C=O) groups is 2. The fourth-order valence-electron chi connectivity index (χ4n) is 1.67. The van der Waals surface area contributed by atoms with Crippen LogP contribution in [0.4, 0.5) is 0 Å². The molecule has 0 saturated carbocycles. The molecule has 1 heterocycles. The fourth-order valence-corrected chi connectivity index (χ4v) is 2.41. The highest BCUT2D eigenvalue weighted by Crippen LogP contribution is 2.19. The number of thiazole rings is 1. The van der Waals surface area contributed by atoms with E-state index >= 15 is 0 Å². The van der Waals surface area contributed by atoms with Gasteiger partial charge in [0.15, 0.2) is 6.10 Å². The predicted molar refractivity (Wildman–Crippen MR) is 86.5 cm³/mol. The third-order valence-electron chi connectivity index (χ3n) is 2.85. The zero-order valence-electron chi connectivity index (χ0n) is 12.6. The van der Waals surface area contributed by atoms with Crippen molar-refractivity contribution < 1.29 is 24.2 Å². The highest BCUT2D eigenvalue weighted by molar-refractivity contribution is 7.14. The molecule has 0 bridgehead atoms. The van der Waals surface area contributed by atoms with Gasteiger partial charge in [-0.1, -0.05) is 18.2 Å². The minimum absolute atomic E-state index is 0.416. The van der Waals surface area contributed by atoms with Crippen LogP contribution in [0.25, 0.3) is 12.2 Å². The van der Waals surface area contributed by atoms with Crippen LogP contribution in [0, 0.1) is 0 Å². The lowest BCUT2D eigenvalue weighted by atomic mass is 10.2. The smallest absolute Gasteiger partial charge is 0.349 e. The highest BCUT2D eigenvalue weighted by atomic mass is 32.1. The highest BCUT2D eigenvalue weighted by Gasteiger charge is 2.12. The summed E-state index contributed by atoms with van der Waals surface area (Å²) in [7, 11) is 1.32. The molecule has 1 N–H and O–H groups in total. The number of methoxy groups -OCH3 is 1. The van der Waals surface area contributed by atoms with Crippen molar-refractivity contribution in [1.82, 2.24) is 4.98 Å². The van der Waals surface area contributed by atoms with E-state index in [1.807, 2.05) is 6.07 Å². The van der Waals surface area contributed by atoms with Gasteiger partial charge in [-0.25, -0.2) is 14.6 Å². The summed E-state index contributed by atoms with van der Waals surface area (Å²) in [5.41, 5.74) is 0.829. The van der Waals surface area contributed by atoms with E-state index in [2.05, 4.69) is 9.72 Å². The zero-order chi connectivity index (χ0) is 16.8. The molecule has 0 spiro atoms. The number of carbonyl (C=O) groups excluding carboxylic acids is 1. The van der Waals surface area contributed by atoms with E-state index in [1.54, 1.807) is 30.4 Å². The Morgan fingerprint density at radius 2 is 2.13 bits per heavy atom. The predicted octanol–water partition coefficient (Wildman–Crippen LogP) is 2.95. The Labute approximate surface area is 137 Å². The molecule has 1 aromatic carbocycles. The van der Waals surface area contributed by atoms with Gasteiger partial charge in [-0.3, -0.25) is 0 Å². The molecule has 6 nitrogen and oxygen atoms in total. The average Bonchev–Trinajstić information content (AvgIpc) is 3.01. The van der Waals surface area contributed by atoms with Crippen LogP contribution in [0.2, 0.25) is 0 Å². The molecule has 2 rings (SSSR count). The second-order valence-corrected chi connectivity index (χ2v) is 5.62. The molecule has 120 valence electrons. The number of carboxylic acids is 1. The number of benzene rings is 1. The summed E-state index contributed by atoms with van der Waals surface area (Å²) in [5.74, 6) is -0.972. The standard InChI is InChI=1S/C16H15NO5S/c1-10(15(18)19)22-12-5-3-4-11(8-12)6-7-14-17-9-13(23-14)16(20)21-2/h3-10H,1-2H3,(H,18,19)/b7-6+/t10-/m0/s1. The van der Waals surface area contributed by atoms with Gasteiger partial charge in [0, 0.05) is 0 Å². The van der Waals surface area contributed by atoms with E-state index in [4.69, 9.17) is 9.84 Å². The molecule has 0 radical (unpaired) electrons. The summed E-state index contributed by atoms with van der Waals surface area (Å²) in [6.07, 6.45) is 4.11. The normalized spacial score (nSPS) is 12.1. The first-order valence-electron chi connectivity index (χ1n) is 6.71. The van der Waals surface area contributed by atoms with Crippen molar-refractivity contribution in [3.8, 4) is 5.75 Å². The molecule has 23 heavy (non-hydrogen) atoms. The first kappa shape index (κ1) is 16.7. The van der Waals surface area contributed by atoms with E-state index < -0.39 is 18.0 Å². The molecule has 7 heteroatoms. The van der Waals surface area contributed by atoms with Crippen molar-refractivity contribution in [3.05, 3.63) is 45.9 Å². The quantitative estimate of drug-likeness (QED) is 0.818. The average molecular weight is 333 g/mol. The first-order chi connectivity index (χ1) is 11.0. The molecule has 0 aliphatic rings. The topological polar surface area (TPSA) is 85.7 Å². The number of carboxylic acid groups (broad SMARTS) is 1. The van der Waals surface area contributed by atoms with E-state index in [1.165, 1.54) is 31.6 Å². The maximum atomic E-state index is 11.4. The van der Waals surface area contributed by atoms with Crippen LogP contribution < -0.4 is 4.74 Å². The van der Waals surface area contributed by atoms with Crippen LogP contribution in [-0.2, 0) is 9.53 Å². The molecule has 2 aromatic rings. The second kappa shape index (κ2) is 7.55. The van der Waals surface area contributed by atoms with Gasteiger partial charge in [0.2, 0.25) is 0 Å². The van der Waals surface area contributed by atoms with Gasteiger partial charge in [0.1, 0.15) is 15.6 Å². The van der Waals surface area contributed by atoms with Gasteiger partial charge < -0.3 is 14.6 Å². The Morgan fingerprint density at radius 3 is 2.83 bits per heavy atom. The molecule has 0 aliphatic heterocycles. The zero-order valence-corrected chi connectivity index (χ0v) is 13.4. The monoisotopic (exact) mass is 333 g/mol. The third kappa shape index (κ3) is 4.65. The molecule has 0 unspecified atom stereocenters. The van der Waals surface area contributed by atoms with Crippen molar-refractivity contribution in [2.45, 2.75) is 13.0 Å². The summed E-state index contributed by atoms with van der Waals surface area (Å²) in [6, 6.07) is 7.04. The Kier molecular flexibility index (Phi) is 5.48. The molecular weight excluding hydrogens is 318 g/mol. The molecule has 0 aliphatic carbocycles. The van der Waals surface area contributed by atoms with Crippen molar-refractivity contribution in [1.29, 1.82) is 0 Å². The fraction of sp³-hybridized carbons (Fsp3) is 0.188. The summed E-state index contributed by atoms with van der Waals surface area (Å²) < 4.78 is 9.94.